The average molecular weight is 489 g/mol. The Balaban J connectivity index is 0.00000338. The number of halogens is 1. The first kappa shape index (κ1) is 22.6. The van der Waals surface area contributed by atoms with Crippen molar-refractivity contribution in [2.45, 2.75) is 25.1 Å². The van der Waals surface area contributed by atoms with Gasteiger partial charge in [0.2, 0.25) is 0 Å². The van der Waals surface area contributed by atoms with Crippen molar-refractivity contribution < 1.29 is 4.74 Å². The molecule has 1 heterocycles. The Kier molecular flexibility index (Phi) is 9.28. The SMILES string of the molecule is CN=C(NCc1ccn(-c2ccc(OC)cc2)n1)NCC(C)(C)SC.I. The van der Waals surface area contributed by atoms with E-state index in [0.717, 1.165) is 29.6 Å². The van der Waals surface area contributed by atoms with Crippen LogP contribution in [-0.2, 0) is 6.54 Å². The maximum atomic E-state index is 5.18. The number of rotatable bonds is 7. The molecule has 0 aliphatic carbocycles. The number of hydrogen-bond donors (Lipinski definition) is 2. The molecule has 8 heteroatoms. The first-order valence-corrected chi connectivity index (χ1v) is 9.38. The number of aliphatic imine (C=N–C) groups is 1. The molecule has 2 rings (SSSR count). The number of thioether (sulfide) groups is 1. The number of benzene rings is 1. The van der Waals surface area contributed by atoms with Crippen molar-refractivity contribution in [3.05, 3.63) is 42.2 Å². The van der Waals surface area contributed by atoms with Gasteiger partial charge >= 0.3 is 0 Å². The summed E-state index contributed by atoms with van der Waals surface area (Å²) in [5, 5.41) is 11.2. The second-order valence-electron chi connectivity index (χ2n) is 6.19. The van der Waals surface area contributed by atoms with E-state index in [1.54, 1.807) is 14.2 Å². The number of nitrogens with one attached hydrogen (secondary N) is 2. The highest BCUT2D eigenvalue weighted by atomic mass is 127. The molecule has 0 spiro atoms. The van der Waals surface area contributed by atoms with E-state index < -0.39 is 0 Å². The van der Waals surface area contributed by atoms with Crippen molar-refractivity contribution in [2.75, 3.05) is 27.0 Å². The van der Waals surface area contributed by atoms with Gasteiger partial charge < -0.3 is 15.4 Å². The lowest BCUT2D eigenvalue weighted by Crippen LogP contribution is -2.43. The normalized spacial score (nSPS) is 11.7. The Morgan fingerprint density at radius 3 is 2.50 bits per heavy atom. The highest BCUT2D eigenvalue weighted by molar-refractivity contribution is 14.0. The lowest BCUT2D eigenvalue weighted by molar-refractivity contribution is 0.414. The van der Waals surface area contributed by atoms with Crippen LogP contribution in [0.4, 0.5) is 0 Å². The molecule has 2 N–H and O–H groups in total. The van der Waals surface area contributed by atoms with E-state index in [1.807, 2.05) is 53.0 Å². The monoisotopic (exact) mass is 489 g/mol. The molecule has 144 valence electrons. The Morgan fingerprint density at radius 1 is 1.23 bits per heavy atom. The molecule has 26 heavy (non-hydrogen) atoms. The Hall–Kier alpha value is -1.42. The van der Waals surface area contributed by atoms with E-state index in [1.165, 1.54) is 0 Å². The van der Waals surface area contributed by atoms with Gasteiger partial charge in [-0.2, -0.15) is 16.9 Å². The van der Waals surface area contributed by atoms with Gasteiger partial charge in [0.05, 0.1) is 25.0 Å². The van der Waals surface area contributed by atoms with Gasteiger partial charge in [0, 0.05) is 24.5 Å². The van der Waals surface area contributed by atoms with Gasteiger partial charge in [-0.1, -0.05) is 0 Å². The fourth-order valence-electron chi connectivity index (χ4n) is 2.10. The Morgan fingerprint density at radius 2 is 1.92 bits per heavy atom. The second kappa shape index (κ2) is 10.7. The zero-order valence-electron chi connectivity index (χ0n) is 15.9. The molecule has 0 bridgehead atoms. The summed E-state index contributed by atoms with van der Waals surface area (Å²) in [6.07, 6.45) is 4.07. The molecular formula is C18H28IN5OS. The smallest absolute Gasteiger partial charge is 0.191 e. The first-order valence-electron chi connectivity index (χ1n) is 8.16. The van der Waals surface area contributed by atoms with Crippen LogP contribution in [0, 0.1) is 0 Å². The molecule has 0 fully saturated rings. The predicted octanol–water partition coefficient (Wildman–Crippen LogP) is 3.31. The Labute approximate surface area is 177 Å². The van der Waals surface area contributed by atoms with Crippen LogP contribution in [-0.4, -0.2) is 47.4 Å². The minimum Gasteiger partial charge on any atom is -0.497 e. The molecule has 0 aliphatic rings. The zero-order chi connectivity index (χ0) is 18.3. The number of aromatic nitrogens is 2. The summed E-state index contributed by atoms with van der Waals surface area (Å²) in [5.74, 6) is 1.61. The van der Waals surface area contributed by atoms with Gasteiger partial charge in [0.15, 0.2) is 5.96 Å². The van der Waals surface area contributed by atoms with Crippen molar-refractivity contribution in [1.29, 1.82) is 0 Å². The van der Waals surface area contributed by atoms with Gasteiger partial charge in [0.1, 0.15) is 5.75 Å². The number of methoxy groups -OCH3 is 1. The first-order chi connectivity index (χ1) is 12.0. The van der Waals surface area contributed by atoms with Crippen molar-refractivity contribution in [2.24, 2.45) is 4.99 Å². The van der Waals surface area contributed by atoms with Gasteiger partial charge in [-0.3, -0.25) is 4.99 Å². The van der Waals surface area contributed by atoms with Crippen LogP contribution in [0.25, 0.3) is 5.69 Å². The van der Waals surface area contributed by atoms with Crippen molar-refractivity contribution in [3.63, 3.8) is 0 Å². The fourth-order valence-corrected chi connectivity index (χ4v) is 2.31. The molecular weight excluding hydrogens is 461 g/mol. The molecule has 6 nitrogen and oxygen atoms in total. The van der Waals surface area contributed by atoms with E-state index in [0.29, 0.717) is 6.54 Å². The van der Waals surface area contributed by atoms with E-state index in [4.69, 9.17) is 4.74 Å². The van der Waals surface area contributed by atoms with Gasteiger partial charge in [-0.05, 0) is 50.4 Å². The third-order valence-corrected chi connectivity index (χ3v) is 5.13. The van der Waals surface area contributed by atoms with Crippen molar-refractivity contribution >= 4 is 41.7 Å². The van der Waals surface area contributed by atoms with Crippen LogP contribution in [0.15, 0.2) is 41.5 Å². The van der Waals surface area contributed by atoms with Crippen molar-refractivity contribution in [3.8, 4) is 11.4 Å². The summed E-state index contributed by atoms with van der Waals surface area (Å²) in [6.45, 7) is 5.86. The summed E-state index contributed by atoms with van der Waals surface area (Å²) in [6, 6.07) is 9.81. The molecule has 0 saturated carbocycles. The molecule has 0 amide bonds. The molecule has 1 aromatic heterocycles. The maximum Gasteiger partial charge on any atom is 0.191 e. The van der Waals surface area contributed by atoms with Crippen LogP contribution in [0.5, 0.6) is 5.75 Å². The predicted molar refractivity (Wildman–Crippen MR) is 121 cm³/mol. The van der Waals surface area contributed by atoms with Crippen LogP contribution < -0.4 is 15.4 Å². The number of nitrogens with zero attached hydrogens (tertiary/aromatic N) is 3. The highest BCUT2D eigenvalue weighted by Crippen LogP contribution is 2.19. The Bertz CT molecular complexity index is 700. The van der Waals surface area contributed by atoms with E-state index in [2.05, 4.69) is 40.8 Å². The quantitative estimate of drug-likeness (QED) is 0.355. The highest BCUT2D eigenvalue weighted by Gasteiger charge is 2.16. The minimum absolute atomic E-state index is 0. The standard InChI is InChI=1S/C18H27N5OS.HI/c1-18(2,25-5)13-21-17(19-3)20-12-14-10-11-23(22-14)15-6-8-16(24-4)9-7-15;/h6-11H,12-13H2,1-5H3,(H2,19,20,21);1H. The van der Waals surface area contributed by atoms with Crippen molar-refractivity contribution in [1.82, 2.24) is 20.4 Å². The topological polar surface area (TPSA) is 63.5 Å². The van der Waals surface area contributed by atoms with E-state index in [9.17, 15) is 0 Å². The number of hydrogen-bond acceptors (Lipinski definition) is 4. The summed E-state index contributed by atoms with van der Waals surface area (Å²) < 4.78 is 7.19. The molecule has 0 radical (unpaired) electrons. The molecule has 1 aromatic carbocycles. The third kappa shape index (κ3) is 6.71. The van der Waals surface area contributed by atoms with Crippen LogP contribution in [0.3, 0.4) is 0 Å². The summed E-state index contributed by atoms with van der Waals surface area (Å²) in [7, 11) is 3.44. The third-order valence-electron chi connectivity index (χ3n) is 3.88. The van der Waals surface area contributed by atoms with Gasteiger partial charge in [-0.25, -0.2) is 4.68 Å². The summed E-state index contributed by atoms with van der Waals surface area (Å²) >= 11 is 1.83. The molecule has 2 aromatic rings. The van der Waals surface area contributed by atoms with Gasteiger partial charge in [-0.15, -0.1) is 24.0 Å². The number of ether oxygens (including phenoxy) is 1. The van der Waals surface area contributed by atoms with E-state index >= 15 is 0 Å². The zero-order valence-corrected chi connectivity index (χ0v) is 19.1. The molecule has 0 saturated heterocycles. The molecule has 0 aliphatic heterocycles. The minimum atomic E-state index is 0. The summed E-state index contributed by atoms with van der Waals surface area (Å²) in [4.78, 5) is 4.26. The lowest BCUT2D eigenvalue weighted by atomic mass is 10.2. The summed E-state index contributed by atoms with van der Waals surface area (Å²) in [5.41, 5.74) is 1.94. The fraction of sp³-hybridized carbons (Fsp3) is 0.444. The van der Waals surface area contributed by atoms with E-state index in [-0.39, 0.29) is 28.7 Å². The largest absolute Gasteiger partial charge is 0.497 e. The van der Waals surface area contributed by atoms with Crippen LogP contribution in [0.1, 0.15) is 19.5 Å². The second-order valence-corrected chi connectivity index (χ2v) is 7.71. The van der Waals surface area contributed by atoms with Gasteiger partial charge in [0.25, 0.3) is 0 Å². The average Bonchev–Trinajstić information content (AvgIpc) is 3.11. The van der Waals surface area contributed by atoms with Crippen LogP contribution >= 0.6 is 35.7 Å². The molecule has 0 unspecified atom stereocenters. The van der Waals surface area contributed by atoms with Crippen LogP contribution in [0.2, 0.25) is 0 Å². The maximum absolute atomic E-state index is 5.18. The number of guanidine groups is 1. The lowest BCUT2D eigenvalue weighted by Gasteiger charge is -2.23. The molecule has 0 atom stereocenters.